The number of carbonyl (C=O) groups excluding carboxylic acids is 1. The molecule has 0 radical (unpaired) electrons. The molecule has 0 fully saturated rings. The van der Waals surface area contributed by atoms with Crippen molar-refractivity contribution in [2.45, 2.75) is 13.3 Å². The zero-order valence-electron chi connectivity index (χ0n) is 9.62. The van der Waals surface area contributed by atoms with Crippen LogP contribution in [0.5, 0.6) is 0 Å². The second-order valence-electron chi connectivity index (χ2n) is 3.64. The maximum atomic E-state index is 13.2. The summed E-state index contributed by atoms with van der Waals surface area (Å²) in [6.07, 6.45) is 0.780. The van der Waals surface area contributed by atoms with Gasteiger partial charge in [-0.15, -0.1) is 0 Å². The van der Waals surface area contributed by atoms with E-state index in [1.165, 1.54) is 17.0 Å². The Morgan fingerprint density at radius 3 is 2.71 bits per heavy atom. The number of nitrogens with zero attached hydrogens (tertiary/aromatic N) is 1. The SMILES string of the molecule is CCCN(CCO)C(=O)c1ccc(Cl)c(F)c1. The Balaban J connectivity index is 2.88. The number of benzene rings is 1. The molecular weight excluding hydrogens is 245 g/mol. The van der Waals surface area contributed by atoms with E-state index in [1.807, 2.05) is 6.92 Å². The number of rotatable bonds is 5. The van der Waals surface area contributed by atoms with E-state index in [0.717, 1.165) is 12.5 Å². The van der Waals surface area contributed by atoms with Crippen LogP contribution in [0.15, 0.2) is 18.2 Å². The minimum Gasteiger partial charge on any atom is -0.395 e. The Labute approximate surface area is 105 Å². The minimum absolute atomic E-state index is 0.00857. The number of halogens is 2. The van der Waals surface area contributed by atoms with Crippen LogP contribution in [0.4, 0.5) is 4.39 Å². The monoisotopic (exact) mass is 259 g/mol. The van der Waals surface area contributed by atoms with Gasteiger partial charge >= 0.3 is 0 Å². The number of aliphatic hydroxyl groups is 1. The predicted molar refractivity (Wildman–Crippen MR) is 64.7 cm³/mol. The highest BCUT2D eigenvalue weighted by Gasteiger charge is 2.15. The molecular formula is C12H15ClFNO2. The largest absolute Gasteiger partial charge is 0.395 e. The molecule has 0 saturated heterocycles. The molecule has 0 saturated carbocycles. The lowest BCUT2D eigenvalue weighted by Gasteiger charge is -2.21. The van der Waals surface area contributed by atoms with Gasteiger partial charge in [-0.25, -0.2) is 4.39 Å². The average molecular weight is 260 g/mol. The lowest BCUT2D eigenvalue weighted by Crippen LogP contribution is -2.34. The fourth-order valence-corrected chi connectivity index (χ4v) is 1.63. The van der Waals surface area contributed by atoms with Crippen LogP contribution in [0.1, 0.15) is 23.7 Å². The van der Waals surface area contributed by atoms with Crippen LogP contribution in [0.3, 0.4) is 0 Å². The molecule has 0 aliphatic heterocycles. The van der Waals surface area contributed by atoms with Crippen molar-refractivity contribution in [3.8, 4) is 0 Å². The van der Waals surface area contributed by atoms with Gasteiger partial charge in [0, 0.05) is 18.7 Å². The van der Waals surface area contributed by atoms with Crippen molar-refractivity contribution in [2.24, 2.45) is 0 Å². The molecule has 5 heteroatoms. The van der Waals surface area contributed by atoms with E-state index in [-0.39, 0.29) is 29.6 Å². The third kappa shape index (κ3) is 3.68. The lowest BCUT2D eigenvalue weighted by atomic mass is 10.2. The van der Waals surface area contributed by atoms with Crippen LogP contribution < -0.4 is 0 Å². The highest BCUT2D eigenvalue weighted by Crippen LogP contribution is 2.16. The fourth-order valence-electron chi connectivity index (χ4n) is 1.52. The predicted octanol–water partition coefficient (Wildman–Crippen LogP) is 2.32. The van der Waals surface area contributed by atoms with Crippen LogP contribution in [-0.4, -0.2) is 35.6 Å². The minimum atomic E-state index is -0.613. The molecule has 0 unspecified atom stereocenters. The van der Waals surface area contributed by atoms with Gasteiger partial charge < -0.3 is 10.0 Å². The van der Waals surface area contributed by atoms with Crippen LogP contribution in [-0.2, 0) is 0 Å². The smallest absolute Gasteiger partial charge is 0.254 e. The highest BCUT2D eigenvalue weighted by molar-refractivity contribution is 6.30. The van der Waals surface area contributed by atoms with Gasteiger partial charge in [-0.3, -0.25) is 4.79 Å². The van der Waals surface area contributed by atoms with Gasteiger partial charge in [0.25, 0.3) is 5.91 Å². The quantitative estimate of drug-likeness (QED) is 0.882. The molecule has 1 rings (SSSR count). The third-order valence-electron chi connectivity index (χ3n) is 2.32. The second kappa shape index (κ2) is 6.57. The van der Waals surface area contributed by atoms with Gasteiger partial charge in [-0.05, 0) is 24.6 Å². The molecule has 0 heterocycles. The van der Waals surface area contributed by atoms with Gasteiger partial charge in [0.15, 0.2) is 0 Å². The van der Waals surface area contributed by atoms with Gasteiger partial charge in [0.05, 0.1) is 11.6 Å². The molecule has 17 heavy (non-hydrogen) atoms. The van der Waals surface area contributed by atoms with Crippen molar-refractivity contribution >= 4 is 17.5 Å². The molecule has 3 nitrogen and oxygen atoms in total. The summed E-state index contributed by atoms with van der Waals surface area (Å²) in [5.41, 5.74) is 0.244. The van der Waals surface area contributed by atoms with E-state index in [2.05, 4.69) is 0 Å². The van der Waals surface area contributed by atoms with Crippen molar-refractivity contribution in [2.75, 3.05) is 19.7 Å². The first-order chi connectivity index (χ1) is 8.10. The summed E-state index contributed by atoms with van der Waals surface area (Å²) < 4.78 is 13.2. The van der Waals surface area contributed by atoms with Crippen LogP contribution in [0.2, 0.25) is 5.02 Å². The first-order valence-corrected chi connectivity index (χ1v) is 5.83. The summed E-state index contributed by atoms with van der Waals surface area (Å²) in [5.74, 6) is -0.908. The Kier molecular flexibility index (Phi) is 5.38. The molecule has 0 bridgehead atoms. The molecule has 1 amide bonds. The lowest BCUT2D eigenvalue weighted by molar-refractivity contribution is 0.0721. The molecule has 0 aromatic heterocycles. The van der Waals surface area contributed by atoms with Crippen LogP contribution in [0.25, 0.3) is 0 Å². The van der Waals surface area contributed by atoms with Crippen molar-refractivity contribution in [1.82, 2.24) is 4.90 Å². The van der Waals surface area contributed by atoms with E-state index in [4.69, 9.17) is 16.7 Å². The Bertz CT molecular complexity index is 392. The topological polar surface area (TPSA) is 40.5 Å². The normalized spacial score (nSPS) is 10.4. The summed E-state index contributed by atoms with van der Waals surface area (Å²) in [4.78, 5) is 13.5. The standard InChI is InChI=1S/C12H15ClFNO2/c1-2-5-15(6-7-16)12(17)9-3-4-10(13)11(14)8-9/h3-4,8,16H,2,5-7H2,1H3. The van der Waals surface area contributed by atoms with Gasteiger partial charge in [-0.2, -0.15) is 0 Å². The van der Waals surface area contributed by atoms with Gasteiger partial charge in [0.1, 0.15) is 5.82 Å². The van der Waals surface area contributed by atoms with E-state index in [0.29, 0.717) is 6.54 Å². The van der Waals surface area contributed by atoms with Crippen LogP contribution in [0, 0.1) is 5.82 Å². The summed E-state index contributed by atoms with van der Waals surface area (Å²) in [5, 5.41) is 8.86. The Morgan fingerprint density at radius 2 is 2.18 bits per heavy atom. The second-order valence-corrected chi connectivity index (χ2v) is 4.05. The highest BCUT2D eigenvalue weighted by atomic mass is 35.5. The number of hydrogen-bond donors (Lipinski definition) is 1. The van der Waals surface area contributed by atoms with Crippen LogP contribution >= 0.6 is 11.6 Å². The zero-order valence-corrected chi connectivity index (χ0v) is 10.4. The Morgan fingerprint density at radius 1 is 1.47 bits per heavy atom. The van der Waals surface area contributed by atoms with Gasteiger partial charge in [-0.1, -0.05) is 18.5 Å². The van der Waals surface area contributed by atoms with Crippen molar-refractivity contribution < 1.29 is 14.3 Å². The van der Waals surface area contributed by atoms with Crippen molar-refractivity contribution in [1.29, 1.82) is 0 Å². The number of carbonyl (C=O) groups is 1. The first kappa shape index (κ1) is 13.9. The van der Waals surface area contributed by atoms with E-state index in [1.54, 1.807) is 0 Å². The average Bonchev–Trinajstić information content (AvgIpc) is 2.31. The first-order valence-electron chi connectivity index (χ1n) is 5.45. The molecule has 94 valence electrons. The molecule has 0 aliphatic rings. The summed E-state index contributed by atoms with van der Waals surface area (Å²) in [6.45, 7) is 2.60. The van der Waals surface area contributed by atoms with E-state index in [9.17, 15) is 9.18 Å². The summed E-state index contributed by atoms with van der Waals surface area (Å²) in [6, 6.07) is 3.95. The zero-order chi connectivity index (χ0) is 12.8. The molecule has 0 atom stereocenters. The van der Waals surface area contributed by atoms with Gasteiger partial charge in [0.2, 0.25) is 0 Å². The summed E-state index contributed by atoms with van der Waals surface area (Å²) in [7, 11) is 0. The number of amides is 1. The molecule has 1 aromatic rings. The van der Waals surface area contributed by atoms with E-state index >= 15 is 0 Å². The van der Waals surface area contributed by atoms with E-state index < -0.39 is 5.82 Å². The maximum Gasteiger partial charge on any atom is 0.254 e. The number of hydrogen-bond acceptors (Lipinski definition) is 2. The van der Waals surface area contributed by atoms with Crippen molar-refractivity contribution in [3.05, 3.63) is 34.6 Å². The number of aliphatic hydroxyl groups excluding tert-OH is 1. The molecule has 1 N–H and O–H groups in total. The Hall–Kier alpha value is -1.13. The molecule has 0 aliphatic carbocycles. The maximum absolute atomic E-state index is 13.2. The fraction of sp³-hybridized carbons (Fsp3) is 0.417. The third-order valence-corrected chi connectivity index (χ3v) is 2.62. The van der Waals surface area contributed by atoms with Crippen molar-refractivity contribution in [3.63, 3.8) is 0 Å². The molecule has 0 spiro atoms. The summed E-state index contributed by atoms with van der Waals surface area (Å²) >= 11 is 5.55. The molecule has 1 aromatic carbocycles.